The van der Waals surface area contributed by atoms with Gasteiger partial charge in [-0.25, -0.2) is 4.39 Å². The Labute approximate surface area is 94.4 Å². The van der Waals surface area contributed by atoms with E-state index in [9.17, 15) is 4.39 Å². The minimum atomic E-state index is -0.287. The summed E-state index contributed by atoms with van der Waals surface area (Å²) in [6.45, 7) is 2.75. The summed E-state index contributed by atoms with van der Waals surface area (Å²) < 4.78 is 12.9. The molecular formula is C12H15ClFN. The van der Waals surface area contributed by atoms with Gasteiger partial charge in [0.05, 0.1) is 0 Å². The number of hydrogen-bond donors (Lipinski definition) is 1. The molecule has 3 heteroatoms. The number of hydrogen-bond acceptors (Lipinski definition) is 1. The summed E-state index contributed by atoms with van der Waals surface area (Å²) in [4.78, 5) is 0. The molecule has 1 aromatic carbocycles. The van der Waals surface area contributed by atoms with Crippen molar-refractivity contribution in [2.24, 2.45) is 11.7 Å². The molecule has 0 heterocycles. The van der Waals surface area contributed by atoms with Crippen LogP contribution >= 0.6 is 11.6 Å². The van der Waals surface area contributed by atoms with Gasteiger partial charge in [0.15, 0.2) is 0 Å². The van der Waals surface area contributed by atoms with Crippen LogP contribution < -0.4 is 5.73 Å². The Balaban J connectivity index is 2.37. The Morgan fingerprint density at radius 1 is 1.60 bits per heavy atom. The van der Waals surface area contributed by atoms with Crippen molar-refractivity contribution in [1.82, 2.24) is 0 Å². The van der Waals surface area contributed by atoms with Crippen LogP contribution in [0.1, 0.15) is 25.3 Å². The predicted octanol–water partition coefficient (Wildman–Crippen LogP) is 3.11. The Kier molecular flexibility index (Phi) is 2.73. The second-order valence-electron chi connectivity index (χ2n) is 4.29. The molecule has 82 valence electrons. The van der Waals surface area contributed by atoms with Gasteiger partial charge in [-0.3, -0.25) is 0 Å². The van der Waals surface area contributed by atoms with Crippen LogP contribution in [0.2, 0.25) is 5.02 Å². The fourth-order valence-corrected chi connectivity index (χ4v) is 2.85. The highest BCUT2D eigenvalue weighted by atomic mass is 35.5. The molecule has 0 radical (unpaired) electrons. The molecule has 0 aliphatic heterocycles. The van der Waals surface area contributed by atoms with Crippen molar-refractivity contribution in [3.05, 3.63) is 34.6 Å². The van der Waals surface area contributed by atoms with Crippen molar-refractivity contribution in [2.45, 2.75) is 25.2 Å². The quantitative estimate of drug-likeness (QED) is 0.844. The van der Waals surface area contributed by atoms with Crippen LogP contribution in [0.5, 0.6) is 0 Å². The van der Waals surface area contributed by atoms with Crippen molar-refractivity contribution in [1.29, 1.82) is 0 Å². The van der Waals surface area contributed by atoms with Gasteiger partial charge in [-0.05, 0) is 30.0 Å². The molecule has 1 aliphatic rings. The molecule has 2 N–H and O–H groups in total. The minimum absolute atomic E-state index is 0.0134. The van der Waals surface area contributed by atoms with E-state index in [2.05, 4.69) is 6.92 Å². The monoisotopic (exact) mass is 227 g/mol. The lowest BCUT2D eigenvalue weighted by atomic mass is 9.92. The first-order valence-corrected chi connectivity index (χ1v) is 5.67. The van der Waals surface area contributed by atoms with Gasteiger partial charge in [0.25, 0.3) is 0 Å². The minimum Gasteiger partial charge on any atom is -0.330 e. The molecule has 1 nitrogen and oxygen atoms in total. The predicted molar refractivity (Wildman–Crippen MR) is 60.5 cm³/mol. The second kappa shape index (κ2) is 3.76. The summed E-state index contributed by atoms with van der Waals surface area (Å²) >= 11 is 6.06. The van der Waals surface area contributed by atoms with E-state index in [0.29, 0.717) is 17.5 Å². The van der Waals surface area contributed by atoms with E-state index >= 15 is 0 Å². The lowest BCUT2D eigenvalue weighted by Crippen LogP contribution is -2.22. The molecule has 1 aliphatic carbocycles. The Morgan fingerprint density at radius 3 is 2.80 bits per heavy atom. The van der Waals surface area contributed by atoms with E-state index in [-0.39, 0.29) is 11.2 Å². The van der Waals surface area contributed by atoms with E-state index in [1.54, 1.807) is 6.07 Å². The van der Waals surface area contributed by atoms with Gasteiger partial charge in [-0.2, -0.15) is 0 Å². The normalized spacial score (nSPS) is 29.2. The number of halogens is 2. The lowest BCUT2D eigenvalue weighted by molar-refractivity contribution is 0.593. The molecule has 1 fully saturated rings. The maximum Gasteiger partial charge on any atom is 0.124 e. The van der Waals surface area contributed by atoms with Crippen molar-refractivity contribution in [2.75, 3.05) is 6.54 Å². The third-order valence-corrected chi connectivity index (χ3v) is 3.87. The second-order valence-corrected chi connectivity index (χ2v) is 4.70. The standard InChI is InChI=1S/C12H15ClFN/c1-2-8-6-12(8,7-15)10-4-3-9(14)5-11(10)13/h3-5,8H,2,6-7,15H2,1H3. The lowest BCUT2D eigenvalue weighted by Gasteiger charge is -2.17. The molecule has 0 aromatic heterocycles. The molecule has 0 bridgehead atoms. The first kappa shape index (κ1) is 10.9. The Morgan fingerprint density at radius 2 is 2.33 bits per heavy atom. The molecular weight excluding hydrogens is 213 g/mol. The van der Waals surface area contributed by atoms with E-state index in [4.69, 9.17) is 17.3 Å². The highest BCUT2D eigenvalue weighted by molar-refractivity contribution is 6.31. The molecule has 0 saturated heterocycles. The summed E-state index contributed by atoms with van der Waals surface area (Å²) in [5.74, 6) is 0.315. The summed E-state index contributed by atoms with van der Waals surface area (Å²) in [6.07, 6.45) is 2.18. The fourth-order valence-electron chi connectivity index (χ4n) is 2.50. The highest BCUT2D eigenvalue weighted by Gasteiger charge is 2.53. The Hall–Kier alpha value is -0.600. The zero-order chi connectivity index (χ0) is 11.1. The van der Waals surface area contributed by atoms with Gasteiger partial charge in [-0.1, -0.05) is 31.0 Å². The third kappa shape index (κ3) is 1.66. The van der Waals surface area contributed by atoms with Crippen LogP contribution in [0.25, 0.3) is 0 Å². The zero-order valence-electron chi connectivity index (χ0n) is 8.76. The van der Waals surface area contributed by atoms with Crippen LogP contribution in [0, 0.1) is 11.7 Å². The third-order valence-electron chi connectivity index (χ3n) is 3.56. The Bertz CT molecular complexity index is 380. The van der Waals surface area contributed by atoms with E-state index in [0.717, 1.165) is 18.4 Å². The highest BCUT2D eigenvalue weighted by Crippen LogP contribution is 2.56. The molecule has 2 atom stereocenters. The van der Waals surface area contributed by atoms with Crippen LogP contribution in [0.15, 0.2) is 18.2 Å². The van der Waals surface area contributed by atoms with Gasteiger partial charge in [-0.15, -0.1) is 0 Å². The van der Waals surface area contributed by atoms with Gasteiger partial charge in [0, 0.05) is 17.0 Å². The van der Waals surface area contributed by atoms with E-state index in [1.165, 1.54) is 12.1 Å². The smallest absolute Gasteiger partial charge is 0.124 e. The average Bonchev–Trinajstić information content (AvgIpc) is 2.93. The largest absolute Gasteiger partial charge is 0.330 e. The molecule has 15 heavy (non-hydrogen) atoms. The molecule has 2 rings (SSSR count). The summed E-state index contributed by atoms with van der Waals surface area (Å²) in [6, 6.07) is 4.61. The van der Waals surface area contributed by atoms with E-state index in [1.807, 2.05) is 0 Å². The number of benzene rings is 1. The maximum atomic E-state index is 12.9. The van der Waals surface area contributed by atoms with Crippen LogP contribution in [-0.4, -0.2) is 6.54 Å². The molecule has 2 unspecified atom stereocenters. The zero-order valence-corrected chi connectivity index (χ0v) is 9.52. The van der Waals surface area contributed by atoms with Crippen LogP contribution in [0.4, 0.5) is 4.39 Å². The van der Waals surface area contributed by atoms with Gasteiger partial charge >= 0.3 is 0 Å². The van der Waals surface area contributed by atoms with Crippen molar-refractivity contribution < 1.29 is 4.39 Å². The van der Waals surface area contributed by atoms with Gasteiger partial charge < -0.3 is 5.73 Å². The SMILES string of the molecule is CCC1CC1(CN)c1ccc(F)cc1Cl. The number of rotatable bonds is 3. The van der Waals surface area contributed by atoms with Crippen molar-refractivity contribution >= 4 is 11.6 Å². The topological polar surface area (TPSA) is 26.0 Å². The molecule has 1 aromatic rings. The first-order chi connectivity index (χ1) is 7.14. The summed E-state index contributed by atoms with van der Waals surface area (Å²) in [7, 11) is 0. The van der Waals surface area contributed by atoms with E-state index < -0.39 is 0 Å². The van der Waals surface area contributed by atoms with Gasteiger partial charge in [0.1, 0.15) is 5.82 Å². The molecule has 0 spiro atoms. The van der Waals surface area contributed by atoms with Crippen LogP contribution in [-0.2, 0) is 5.41 Å². The first-order valence-electron chi connectivity index (χ1n) is 5.29. The number of nitrogens with two attached hydrogens (primary N) is 1. The fraction of sp³-hybridized carbons (Fsp3) is 0.500. The van der Waals surface area contributed by atoms with Crippen LogP contribution in [0.3, 0.4) is 0 Å². The molecule has 0 amide bonds. The average molecular weight is 228 g/mol. The van der Waals surface area contributed by atoms with Crippen molar-refractivity contribution in [3.8, 4) is 0 Å². The van der Waals surface area contributed by atoms with Gasteiger partial charge in [0.2, 0.25) is 0 Å². The summed E-state index contributed by atoms with van der Waals surface area (Å²) in [5, 5.41) is 0.511. The summed E-state index contributed by atoms with van der Waals surface area (Å²) in [5.41, 5.74) is 6.85. The van der Waals surface area contributed by atoms with Crippen molar-refractivity contribution in [3.63, 3.8) is 0 Å². The molecule has 1 saturated carbocycles. The maximum absolute atomic E-state index is 12.9.